The van der Waals surface area contributed by atoms with E-state index in [-0.39, 0.29) is 6.04 Å². The van der Waals surface area contributed by atoms with Crippen LogP contribution in [-0.2, 0) is 6.54 Å². The van der Waals surface area contributed by atoms with E-state index < -0.39 is 0 Å². The van der Waals surface area contributed by atoms with Gasteiger partial charge in [-0.15, -0.1) is 0 Å². The lowest BCUT2D eigenvalue weighted by molar-refractivity contribution is 0.539. The molecule has 4 nitrogen and oxygen atoms in total. The zero-order chi connectivity index (χ0) is 13.0. The van der Waals surface area contributed by atoms with Crippen LogP contribution in [0.3, 0.4) is 0 Å². The number of nitrogens with one attached hydrogen (secondary N) is 1. The molecule has 18 heavy (non-hydrogen) atoms. The topological polar surface area (TPSA) is 42.7 Å². The number of aromatic nitrogens is 3. The van der Waals surface area contributed by atoms with E-state index in [1.54, 1.807) is 0 Å². The van der Waals surface area contributed by atoms with Crippen molar-refractivity contribution < 1.29 is 0 Å². The lowest BCUT2D eigenvalue weighted by atomic mass is 10.0. The molecule has 1 atom stereocenters. The Hall–Kier alpha value is -1.68. The van der Waals surface area contributed by atoms with Gasteiger partial charge >= 0.3 is 0 Å². The highest BCUT2D eigenvalue weighted by molar-refractivity contribution is 5.30. The maximum absolute atomic E-state index is 4.38. The number of pyridine rings is 1. The first kappa shape index (κ1) is 12.8. The first-order chi connectivity index (χ1) is 8.77. The monoisotopic (exact) mass is 244 g/mol. The van der Waals surface area contributed by atoms with Gasteiger partial charge in [-0.1, -0.05) is 13.0 Å². The predicted molar refractivity (Wildman–Crippen MR) is 72.4 cm³/mol. The summed E-state index contributed by atoms with van der Waals surface area (Å²) in [6, 6.07) is 6.34. The molecule has 2 aromatic heterocycles. The Bertz CT molecular complexity index is 504. The predicted octanol–water partition coefficient (Wildman–Crippen LogP) is 2.31. The summed E-state index contributed by atoms with van der Waals surface area (Å²) in [5.41, 5.74) is 3.47. The summed E-state index contributed by atoms with van der Waals surface area (Å²) < 4.78 is 2.03. The lowest BCUT2D eigenvalue weighted by Gasteiger charge is -2.20. The Morgan fingerprint density at radius 1 is 1.28 bits per heavy atom. The number of hydrogen-bond donors (Lipinski definition) is 1. The van der Waals surface area contributed by atoms with Crippen LogP contribution in [0, 0.1) is 6.92 Å². The minimum absolute atomic E-state index is 0.158. The maximum Gasteiger partial charge on any atom is 0.0765 e. The summed E-state index contributed by atoms with van der Waals surface area (Å²) in [4.78, 5) is 4.38. The minimum Gasteiger partial charge on any atom is -0.305 e. The second-order valence-corrected chi connectivity index (χ2v) is 4.24. The van der Waals surface area contributed by atoms with Crippen molar-refractivity contribution in [2.24, 2.45) is 0 Å². The highest BCUT2D eigenvalue weighted by Gasteiger charge is 2.18. The number of aryl methyl sites for hydroxylation is 2. The number of hydrogen-bond acceptors (Lipinski definition) is 3. The Morgan fingerprint density at radius 2 is 2.11 bits per heavy atom. The van der Waals surface area contributed by atoms with Crippen LogP contribution in [0.4, 0.5) is 0 Å². The molecule has 2 rings (SSSR count). The van der Waals surface area contributed by atoms with Gasteiger partial charge < -0.3 is 5.32 Å². The van der Waals surface area contributed by atoms with Crippen LogP contribution in [0.15, 0.2) is 30.6 Å². The molecule has 2 aromatic rings. The average Bonchev–Trinajstić information content (AvgIpc) is 2.85. The van der Waals surface area contributed by atoms with Gasteiger partial charge in [0.2, 0.25) is 0 Å². The lowest BCUT2D eigenvalue weighted by Crippen LogP contribution is -2.25. The first-order valence-corrected chi connectivity index (χ1v) is 6.44. The van der Waals surface area contributed by atoms with Gasteiger partial charge in [0.15, 0.2) is 0 Å². The molecule has 1 N–H and O–H groups in total. The largest absolute Gasteiger partial charge is 0.305 e. The molecule has 0 fully saturated rings. The second-order valence-electron chi connectivity index (χ2n) is 4.24. The van der Waals surface area contributed by atoms with E-state index in [1.807, 2.05) is 30.1 Å². The minimum atomic E-state index is 0.158. The van der Waals surface area contributed by atoms with Crippen molar-refractivity contribution in [3.63, 3.8) is 0 Å². The SMILES string of the molecule is CCNC(c1cccnc1C)c1ccnn1CC. The molecule has 0 saturated carbocycles. The summed E-state index contributed by atoms with van der Waals surface area (Å²) in [5, 5.41) is 7.87. The zero-order valence-electron chi connectivity index (χ0n) is 11.2. The molecular weight excluding hydrogens is 224 g/mol. The fourth-order valence-corrected chi connectivity index (χ4v) is 2.23. The van der Waals surface area contributed by atoms with Crippen LogP contribution in [0.2, 0.25) is 0 Å². The van der Waals surface area contributed by atoms with Gasteiger partial charge in [0.05, 0.1) is 11.7 Å². The van der Waals surface area contributed by atoms with Crippen LogP contribution in [0.5, 0.6) is 0 Å². The zero-order valence-corrected chi connectivity index (χ0v) is 11.2. The fraction of sp³-hybridized carbons (Fsp3) is 0.429. The average molecular weight is 244 g/mol. The molecule has 0 amide bonds. The third kappa shape index (κ3) is 2.43. The molecule has 0 bridgehead atoms. The maximum atomic E-state index is 4.38. The van der Waals surface area contributed by atoms with Crippen LogP contribution < -0.4 is 5.32 Å². The molecule has 96 valence electrons. The van der Waals surface area contributed by atoms with Crippen LogP contribution in [-0.4, -0.2) is 21.3 Å². The van der Waals surface area contributed by atoms with E-state index in [0.29, 0.717) is 0 Å². The van der Waals surface area contributed by atoms with Crippen LogP contribution in [0.25, 0.3) is 0 Å². The van der Waals surface area contributed by atoms with E-state index in [4.69, 9.17) is 0 Å². The van der Waals surface area contributed by atoms with E-state index in [2.05, 4.69) is 41.4 Å². The molecule has 0 aliphatic carbocycles. The van der Waals surface area contributed by atoms with Gasteiger partial charge in [0.25, 0.3) is 0 Å². The summed E-state index contributed by atoms with van der Waals surface area (Å²) in [6.07, 6.45) is 3.69. The normalized spacial score (nSPS) is 12.6. The van der Waals surface area contributed by atoms with Crippen LogP contribution in [0.1, 0.15) is 36.8 Å². The molecule has 0 saturated heterocycles. The van der Waals surface area contributed by atoms with Crippen molar-refractivity contribution in [1.82, 2.24) is 20.1 Å². The van der Waals surface area contributed by atoms with E-state index in [0.717, 1.165) is 18.8 Å². The Morgan fingerprint density at radius 3 is 2.78 bits per heavy atom. The van der Waals surface area contributed by atoms with Crippen molar-refractivity contribution in [3.05, 3.63) is 47.5 Å². The Labute approximate surface area is 108 Å². The molecular formula is C14H20N4. The molecule has 0 aromatic carbocycles. The van der Waals surface area contributed by atoms with Crippen molar-refractivity contribution in [2.45, 2.75) is 33.4 Å². The van der Waals surface area contributed by atoms with Crippen molar-refractivity contribution in [1.29, 1.82) is 0 Å². The highest BCUT2D eigenvalue weighted by Crippen LogP contribution is 2.23. The smallest absolute Gasteiger partial charge is 0.0765 e. The number of nitrogens with zero attached hydrogens (tertiary/aromatic N) is 3. The summed E-state index contributed by atoms with van der Waals surface area (Å²) in [5.74, 6) is 0. The molecule has 4 heteroatoms. The van der Waals surface area contributed by atoms with Gasteiger partial charge in [-0.2, -0.15) is 5.10 Å². The third-order valence-corrected chi connectivity index (χ3v) is 3.11. The number of rotatable bonds is 5. The van der Waals surface area contributed by atoms with Gasteiger partial charge in [-0.25, -0.2) is 0 Å². The van der Waals surface area contributed by atoms with E-state index in [1.165, 1.54) is 11.3 Å². The van der Waals surface area contributed by atoms with Crippen LogP contribution >= 0.6 is 0 Å². The van der Waals surface area contributed by atoms with Crippen molar-refractivity contribution in [3.8, 4) is 0 Å². The summed E-state index contributed by atoms with van der Waals surface area (Å²) >= 11 is 0. The molecule has 2 heterocycles. The van der Waals surface area contributed by atoms with E-state index >= 15 is 0 Å². The summed E-state index contributed by atoms with van der Waals surface area (Å²) in [6.45, 7) is 8.06. The molecule has 0 aliphatic heterocycles. The van der Waals surface area contributed by atoms with E-state index in [9.17, 15) is 0 Å². The second kappa shape index (κ2) is 5.78. The van der Waals surface area contributed by atoms with Gasteiger partial charge in [-0.05, 0) is 38.1 Å². The molecule has 0 radical (unpaired) electrons. The van der Waals surface area contributed by atoms with Crippen molar-refractivity contribution in [2.75, 3.05) is 6.54 Å². The molecule has 0 aliphatic rings. The fourth-order valence-electron chi connectivity index (χ4n) is 2.23. The Balaban J connectivity index is 2.43. The van der Waals surface area contributed by atoms with Gasteiger partial charge in [-0.3, -0.25) is 9.67 Å². The Kier molecular flexibility index (Phi) is 4.10. The highest BCUT2D eigenvalue weighted by atomic mass is 15.3. The van der Waals surface area contributed by atoms with Gasteiger partial charge in [0.1, 0.15) is 0 Å². The molecule has 1 unspecified atom stereocenters. The first-order valence-electron chi connectivity index (χ1n) is 6.44. The van der Waals surface area contributed by atoms with Crippen molar-refractivity contribution >= 4 is 0 Å². The third-order valence-electron chi connectivity index (χ3n) is 3.11. The quantitative estimate of drug-likeness (QED) is 0.877. The standard InChI is InChI=1S/C14H20N4/c1-4-15-14(12-7-6-9-16-11(12)3)13-8-10-17-18(13)5-2/h6-10,14-15H,4-5H2,1-3H3. The summed E-state index contributed by atoms with van der Waals surface area (Å²) in [7, 11) is 0. The van der Waals surface area contributed by atoms with Gasteiger partial charge in [0, 0.05) is 24.6 Å². The molecule has 0 spiro atoms.